The quantitative estimate of drug-likeness (QED) is 0.782. The fraction of sp³-hybridized carbons (Fsp3) is 0.600. The molecule has 0 atom stereocenters. The predicted molar refractivity (Wildman–Crippen MR) is 62.9 cm³/mol. The maximum Gasteiger partial charge on any atom is 0.200 e. The summed E-state index contributed by atoms with van der Waals surface area (Å²) in [6.45, 7) is 5.23. The molecule has 0 aromatic carbocycles. The van der Waals surface area contributed by atoms with Gasteiger partial charge >= 0.3 is 0 Å². The molecule has 1 saturated heterocycles. The van der Waals surface area contributed by atoms with E-state index in [0.717, 1.165) is 31.9 Å². The molecule has 7 heteroatoms. The third-order valence-electron chi connectivity index (χ3n) is 3.01. The van der Waals surface area contributed by atoms with Crippen LogP contribution in [0.4, 0.5) is 5.82 Å². The fourth-order valence-electron chi connectivity index (χ4n) is 2.01. The SMILES string of the molecule is CCCN(c1ccc2nnnn2n1)C1CNC1. The van der Waals surface area contributed by atoms with Crippen LogP contribution in [0, 0.1) is 0 Å². The summed E-state index contributed by atoms with van der Waals surface area (Å²) in [7, 11) is 0. The van der Waals surface area contributed by atoms with Crippen molar-refractivity contribution in [1.29, 1.82) is 0 Å². The van der Waals surface area contributed by atoms with Crippen molar-refractivity contribution in [3.05, 3.63) is 12.1 Å². The second kappa shape index (κ2) is 4.25. The Morgan fingerprint density at radius 2 is 2.35 bits per heavy atom. The summed E-state index contributed by atoms with van der Waals surface area (Å²) in [5.41, 5.74) is 0.678. The molecule has 90 valence electrons. The average Bonchev–Trinajstić information content (AvgIpc) is 2.72. The van der Waals surface area contributed by atoms with E-state index in [1.165, 1.54) is 4.63 Å². The van der Waals surface area contributed by atoms with E-state index in [2.05, 4.69) is 37.8 Å². The van der Waals surface area contributed by atoms with Gasteiger partial charge in [-0.05, 0) is 29.0 Å². The van der Waals surface area contributed by atoms with Crippen molar-refractivity contribution < 1.29 is 0 Å². The summed E-state index contributed by atoms with van der Waals surface area (Å²) < 4.78 is 1.48. The molecule has 3 heterocycles. The highest BCUT2D eigenvalue weighted by molar-refractivity contribution is 5.45. The van der Waals surface area contributed by atoms with Gasteiger partial charge in [-0.3, -0.25) is 0 Å². The van der Waals surface area contributed by atoms with E-state index in [4.69, 9.17) is 0 Å². The average molecular weight is 233 g/mol. The first-order valence-corrected chi connectivity index (χ1v) is 5.91. The molecule has 1 fully saturated rings. The Bertz CT molecular complexity index is 504. The van der Waals surface area contributed by atoms with Gasteiger partial charge in [-0.1, -0.05) is 6.92 Å². The Morgan fingerprint density at radius 1 is 1.47 bits per heavy atom. The lowest BCUT2D eigenvalue weighted by atomic mass is 10.1. The van der Waals surface area contributed by atoms with Gasteiger partial charge in [0.2, 0.25) is 0 Å². The maximum atomic E-state index is 4.44. The number of nitrogens with zero attached hydrogens (tertiary/aromatic N) is 6. The van der Waals surface area contributed by atoms with Crippen LogP contribution in [-0.4, -0.2) is 50.9 Å². The highest BCUT2D eigenvalue weighted by atomic mass is 15.6. The number of rotatable bonds is 4. The van der Waals surface area contributed by atoms with Gasteiger partial charge in [-0.2, -0.15) is 0 Å². The first-order chi connectivity index (χ1) is 8.38. The van der Waals surface area contributed by atoms with E-state index >= 15 is 0 Å². The van der Waals surface area contributed by atoms with Crippen LogP contribution in [-0.2, 0) is 0 Å². The molecule has 7 nitrogen and oxygen atoms in total. The smallest absolute Gasteiger partial charge is 0.200 e. The second-order valence-electron chi connectivity index (χ2n) is 4.22. The monoisotopic (exact) mass is 233 g/mol. The minimum Gasteiger partial charge on any atom is -0.350 e. The number of hydrogen-bond acceptors (Lipinski definition) is 6. The molecule has 1 aliphatic rings. The topological polar surface area (TPSA) is 71.2 Å². The van der Waals surface area contributed by atoms with Crippen molar-refractivity contribution in [3.63, 3.8) is 0 Å². The third-order valence-corrected chi connectivity index (χ3v) is 3.01. The molecular weight excluding hydrogens is 218 g/mol. The standard InChI is InChI=1S/C10H15N7/c1-2-5-16(8-6-11-7-8)10-4-3-9-12-14-15-17(9)13-10/h3-4,8,11H,2,5-7H2,1H3. The molecule has 0 bridgehead atoms. The van der Waals surface area contributed by atoms with E-state index in [-0.39, 0.29) is 0 Å². The van der Waals surface area contributed by atoms with Gasteiger partial charge in [-0.15, -0.1) is 14.8 Å². The molecule has 0 saturated carbocycles. The Morgan fingerprint density at radius 3 is 3.06 bits per heavy atom. The van der Waals surface area contributed by atoms with Crippen LogP contribution in [0.1, 0.15) is 13.3 Å². The lowest BCUT2D eigenvalue weighted by Gasteiger charge is -2.38. The third kappa shape index (κ3) is 1.82. The minimum atomic E-state index is 0.538. The summed E-state index contributed by atoms with van der Waals surface area (Å²) in [4.78, 5) is 2.32. The van der Waals surface area contributed by atoms with Crippen LogP contribution < -0.4 is 10.2 Å². The highest BCUT2D eigenvalue weighted by Crippen LogP contribution is 2.16. The summed E-state index contributed by atoms with van der Waals surface area (Å²) in [6.07, 6.45) is 1.10. The molecule has 2 aromatic heterocycles. The van der Waals surface area contributed by atoms with Crippen molar-refractivity contribution >= 4 is 11.5 Å². The van der Waals surface area contributed by atoms with Crippen LogP contribution in [0.2, 0.25) is 0 Å². The Kier molecular flexibility index (Phi) is 2.60. The normalized spacial score (nSPS) is 16.1. The van der Waals surface area contributed by atoms with Crippen molar-refractivity contribution in [2.75, 3.05) is 24.5 Å². The molecule has 17 heavy (non-hydrogen) atoms. The molecule has 1 aliphatic heterocycles. The number of anilines is 1. The van der Waals surface area contributed by atoms with Gasteiger partial charge in [0, 0.05) is 19.6 Å². The summed E-state index contributed by atoms with van der Waals surface area (Å²) in [5, 5.41) is 19.0. The lowest BCUT2D eigenvalue weighted by Crippen LogP contribution is -2.57. The number of fused-ring (bicyclic) bond motifs is 1. The predicted octanol–water partition coefficient (Wildman–Crippen LogP) is -0.292. The molecule has 1 N–H and O–H groups in total. The van der Waals surface area contributed by atoms with E-state index in [0.29, 0.717) is 11.7 Å². The van der Waals surface area contributed by atoms with Gasteiger partial charge in [0.15, 0.2) is 11.5 Å². The molecule has 2 aromatic rings. The number of tetrazole rings is 1. The van der Waals surface area contributed by atoms with Gasteiger partial charge in [0.05, 0.1) is 6.04 Å². The van der Waals surface area contributed by atoms with Gasteiger partial charge in [0.25, 0.3) is 0 Å². The van der Waals surface area contributed by atoms with Crippen LogP contribution in [0.5, 0.6) is 0 Å². The molecule has 3 rings (SSSR count). The van der Waals surface area contributed by atoms with Crippen LogP contribution in [0.3, 0.4) is 0 Å². The fourth-order valence-corrected chi connectivity index (χ4v) is 2.01. The number of nitrogens with one attached hydrogen (secondary N) is 1. The number of aromatic nitrogens is 5. The maximum absolute atomic E-state index is 4.44. The largest absolute Gasteiger partial charge is 0.350 e. The van der Waals surface area contributed by atoms with Crippen LogP contribution in [0.15, 0.2) is 12.1 Å². The van der Waals surface area contributed by atoms with Crippen molar-refractivity contribution in [2.24, 2.45) is 0 Å². The Hall–Kier alpha value is -1.76. The first kappa shape index (κ1) is 10.4. The molecule has 0 aliphatic carbocycles. The van der Waals surface area contributed by atoms with Crippen molar-refractivity contribution in [1.82, 2.24) is 30.6 Å². The summed E-state index contributed by atoms with van der Waals surface area (Å²) in [6, 6.07) is 4.42. The van der Waals surface area contributed by atoms with Gasteiger partial charge in [0.1, 0.15) is 0 Å². The first-order valence-electron chi connectivity index (χ1n) is 5.91. The van der Waals surface area contributed by atoms with Crippen molar-refractivity contribution in [2.45, 2.75) is 19.4 Å². The second-order valence-corrected chi connectivity index (χ2v) is 4.22. The van der Waals surface area contributed by atoms with Crippen molar-refractivity contribution in [3.8, 4) is 0 Å². The highest BCUT2D eigenvalue weighted by Gasteiger charge is 2.25. The van der Waals surface area contributed by atoms with E-state index in [1.807, 2.05) is 12.1 Å². The van der Waals surface area contributed by atoms with Crippen LogP contribution in [0.25, 0.3) is 5.65 Å². The Balaban J connectivity index is 1.92. The zero-order valence-corrected chi connectivity index (χ0v) is 9.74. The molecular formula is C10H15N7. The van der Waals surface area contributed by atoms with E-state index in [9.17, 15) is 0 Å². The Labute approximate surface area is 98.8 Å². The molecule has 0 radical (unpaired) electrons. The van der Waals surface area contributed by atoms with E-state index < -0.39 is 0 Å². The zero-order chi connectivity index (χ0) is 11.7. The summed E-state index contributed by atoms with van der Waals surface area (Å²) >= 11 is 0. The summed E-state index contributed by atoms with van der Waals surface area (Å²) in [5.74, 6) is 0.943. The number of hydrogen-bond donors (Lipinski definition) is 1. The lowest BCUT2D eigenvalue weighted by molar-refractivity contribution is 0.409. The van der Waals surface area contributed by atoms with Crippen LogP contribution >= 0.6 is 0 Å². The molecule has 0 amide bonds. The van der Waals surface area contributed by atoms with E-state index in [1.54, 1.807) is 0 Å². The molecule has 0 spiro atoms. The van der Waals surface area contributed by atoms with Gasteiger partial charge < -0.3 is 10.2 Å². The zero-order valence-electron chi connectivity index (χ0n) is 9.74. The minimum absolute atomic E-state index is 0.538. The molecule has 0 unspecified atom stereocenters. The van der Waals surface area contributed by atoms with Gasteiger partial charge in [-0.25, -0.2) is 0 Å².